The van der Waals surface area contributed by atoms with Gasteiger partial charge in [0.15, 0.2) is 0 Å². The molecule has 124 valence electrons. The first-order valence-corrected chi connectivity index (χ1v) is 9.55. The number of aliphatic hydroxyl groups is 2. The Morgan fingerprint density at radius 3 is 2.83 bits per heavy atom. The van der Waals surface area contributed by atoms with Crippen molar-refractivity contribution >= 4 is 5.71 Å². The summed E-state index contributed by atoms with van der Waals surface area (Å²) >= 11 is 0. The minimum absolute atomic E-state index is 0.0846. The molecule has 1 aliphatic heterocycles. The molecular formula is C20H27NO2. The third-order valence-corrected chi connectivity index (χ3v) is 9.65. The van der Waals surface area contributed by atoms with E-state index in [9.17, 15) is 10.2 Å². The molecule has 0 amide bonds. The Labute approximate surface area is 137 Å². The minimum atomic E-state index is -0.634. The molecule has 0 aromatic heterocycles. The van der Waals surface area contributed by atoms with Gasteiger partial charge in [-0.05, 0) is 62.4 Å². The summed E-state index contributed by atoms with van der Waals surface area (Å²) in [6, 6.07) is 0. The summed E-state index contributed by atoms with van der Waals surface area (Å²) in [5.74, 6) is 1.05. The predicted octanol–water partition coefficient (Wildman–Crippen LogP) is 2.72. The van der Waals surface area contributed by atoms with Gasteiger partial charge < -0.3 is 10.2 Å². The monoisotopic (exact) mass is 313 g/mol. The quantitative estimate of drug-likeness (QED) is 0.676. The van der Waals surface area contributed by atoms with Crippen LogP contribution in [0.5, 0.6) is 0 Å². The number of hydrogen-bond donors (Lipinski definition) is 2. The lowest BCUT2D eigenvalue weighted by Gasteiger charge is -2.78. The summed E-state index contributed by atoms with van der Waals surface area (Å²) in [7, 11) is 0. The van der Waals surface area contributed by atoms with E-state index in [1.165, 1.54) is 12.1 Å². The molecule has 1 heterocycles. The van der Waals surface area contributed by atoms with Crippen molar-refractivity contribution in [3.05, 3.63) is 12.2 Å². The smallest absolute Gasteiger partial charge is 0.0816 e. The van der Waals surface area contributed by atoms with Crippen molar-refractivity contribution in [3.63, 3.8) is 0 Å². The maximum absolute atomic E-state index is 12.1. The normalized spacial score (nSPS) is 64.8. The summed E-state index contributed by atoms with van der Waals surface area (Å²) in [4.78, 5) is 5.10. The van der Waals surface area contributed by atoms with E-state index >= 15 is 0 Å². The Kier molecular flexibility index (Phi) is 2.06. The lowest BCUT2D eigenvalue weighted by Crippen LogP contribution is -2.82. The van der Waals surface area contributed by atoms with E-state index in [0.29, 0.717) is 11.8 Å². The second-order valence-corrected chi connectivity index (χ2v) is 9.81. The highest BCUT2D eigenvalue weighted by atomic mass is 16.3. The first-order chi connectivity index (χ1) is 10.9. The van der Waals surface area contributed by atoms with Crippen molar-refractivity contribution in [1.29, 1.82) is 0 Å². The van der Waals surface area contributed by atoms with E-state index in [-0.39, 0.29) is 22.2 Å². The fraction of sp³-hybridized carbons (Fsp3) is 0.850. The topological polar surface area (TPSA) is 52.8 Å². The molecular weight excluding hydrogens is 286 g/mol. The number of fused-ring (bicyclic) bond motifs is 2. The molecule has 7 saturated carbocycles. The molecule has 1 unspecified atom stereocenters. The van der Waals surface area contributed by atoms with Crippen LogP contribution in [0.2, 0.25) is 0 Å². The molecule has 0 aromatic rings. The molecule has 0 aromatic carbocycles. The van der Waals surface area contributed by atoms with Crippen molar-refractivity contribution in [1.82, 2.24) is 0 Å². The molecule has 8 aliphatic rings. The third-order valence-electron chi connectivity index (χ3n) is 9.65. The zero-order valence-corrected chi connectivity index (χ0v) is 14.0. The van der Waals surface area contributed by atoms with E-state index in [4.69, 9.17) is 4.99 Å². The average molecular weight is 313 g/mol. The van der Waals surface area contributed by atoms with E-state index in [1.807, 2.05) is 0 Å². The Morgan fingerprint density at radius 2 is 2.00 bits per heavy atom. The fourth-order valence-corrected chi connectivity index (χ4v) is 8.86. The van der Waals surface area contributed by atoms with Crippen LogP contribution >= 0.6 is 0 Å². The fourth-order valence-electron chi connectivity index (χ4n) is 8.86. The first kappa shape index (κ1) is 13.6. The molecule has 2 spiro atoms. The van der Waals surface area contributed by atoms with Crippen LogP contribution in [0.4, 0.5) is 0 Å². The van der Waals surface area contributed by atoms with Gasteiger partial charge in [-0.3, -0.25) is 4.99 Å². The highest BCUT2D eigenvalue weighted by Gasteiger charge is 2.83. The Bertz CT molecular complexity index is 685. The van der Waals surface area contributed by atoms with Crippen molar-refractivity contribution in [2.75, 3.05) is 6.54 Å². The van der Waals surface area contributed by atoms with Crippen molar-refractivity contribution < 1.29 is 10.2 Å². The van der Waals surface area contributed by atoms with Gasteiger partial charge in [0.1, 0.15) is 0 Å². The van der Waals surface area contributed by atoms with Crippen LogP contribution in [0.15, 0.2) is 17.1 Å². The number of aliphatic hydroxyl groups excluding tert-OH is 1. The lowest BCUT2D eigenvalue weighted by molar-refractivity contribution is -0.293. The predicted molar refractivity (Wildman–Crippen MR) is 88.2 cm³/mol. The van der Waals surface area contributed by atoms with Crippen LogP contribution in [0.25, 0.3) is 0 Å². The number of aliphatic imine (C=N–C) groups is 1. The van der Waals surface area contributed by atoms with Gasteiger partial charge in [0.25, 0.3) is 0 Å². The molecule has 7 aliphatic carbocycles. The van der Waals surface area contributed by atoms with Gasteiger partial charge in [-0.15, -0.1) is 0 Å². The lowest BCUT2D eigenvalue weighted by atomic mass is 9.26. The molecule has 23 heavy (non-hydrogen) atoms. The summed E-state index contributed by atoms with van der Waals surface area (Å²) in [6.07, 6.45) is 7.06. The number of rotatable bonds is 0. The summed E-state index contributed by atoms with van der Waals surface area (Å²) < 4.78 is 0. The highest BCUT2D eigenvalue weighted by molar-refractivity contribution is 5.99. The van der Waals surface area contributed by atoms with Gasteiger partial charge >= 0.3 is 0 Å². The summed E-state index contributed by atoms with van der Waals surface area (Å²) in [5.41, 5.74) is 1.63. The first-order valence-electron chi connectivity index (χ1n) is 9.55. The molecule has 7 fully saturated rings. The number of hydrogen-bond acceptors (Lipinski definition) is 3. The molecule has 8 atom stereocenters. The Balaban J connectivity index is 1.67. The van der Waals surface area contributed by atoms with Crippen molar-refractivity contribution in [3.8, 4) is 0 Å². The van der Waals surface area contributed by atoms with Crippen LogP contribution in [-0.4, -0.2) is 34.2 Å². The molecule has 3 heteroatoms. The molecule has 3 nitrogen and oxygen atoms in total. The minimum Gasteiger partial charge on any atom is -0.389 e. The van der Waals surface area contributed by atoms with E-state index in [0.717, 1.165) is 50.6 Å². The van der Waals surface area contributed by atoms with Crippen LogP contribution in [-0.2, 0) is 0 Å². The van der Waals surface area contributed by atoms with Gasteiger partial charge in [0.05, 0.1) is 11.7 Å². The third kappa shape index (κ3) is 1.02. The zero-order valence-electron chi connectivity index (χ0n) is 14.0. The van der Waals surface area contributed by atoms with Gasteiger partial charge in [-0.25, -0.2) is 0 Å². The molecule has 2 N–H and O–H groups in total. The van der Waals surface area contributed by atoms with Gasteiger partial charge in [0, 0.05) is 34.4 Å². The van der Waals surface area contributed by atoms with Crippen LogP contribution in [0.3, 0.4) is 0 Å². The second-order valence-electron chi connectivity index (χ2n) is 9.81. The molecule has 8 rings (SSSR count). The van der Waals surface area contributed by atoms with Crippen LogP contribution in [0, 0.1) is 34.0 Å². The van der Waals surface area contributed by atoms with Crippen molar-refractivity contribution in [2.24, 2.45) is 39.0 Å². The van der Waals surface area contributed by atoms with E-state index in [2.05, 4.69) is 13.5 Å². The van der Waals surface area contributed by atoms with Crippen molar-refractivity contribution in [2.45, 2.75) is 63.6 Å². The maximum Gasteiger partial charge on any atom is 0.0816 e. The Morgan fingerprint density at radius 1 is 1.17 bits per heavy atom. The molecule has 5 bridgehead atoms. The Hall–Kier alpha value is -0.670. The van der Waals surface area contributed by atoms with E-state index in [1.54, 1.807) is 0 Å². The maximum atomic E-state index is 12.1. The van der Waals surface area contributed by atoms with Gasteiger partial charge in [0.2, 0.25) is 0 Å². The number of nitrogens with zero attached hydrogens (tertiary/aromatic N) is 1. The molecule has 0 radical (unpaired) electrons. The van der Waals surface area contributed by atoms with Crippen LogP contribution in [0.1, 0.15) is 51.9 Å². The highest BCUT2D eigenvalue weighted by Crippen LogP contribution is 2.81. The van der Waals surface area contributed by atoms with Gasteiger partial charge in [-0.2, -0.15) is 0 Å². The molecule has 0 saturated heterocycles. The van der Waals surface area contributed by atoms with Gasteiger partial charge in [-0.1, -0.05) is 13.5 Å². The largest absolute Gasteiger partial charge is 0.389 e. The average Bonchev–Trinajstić information content (AvgIpc) is 2.85. The van der Waals surface area contributed by atoms with E-state index < -0.39 is 11.7 Å². The standard InChI is InChI=1S/C20H27NO2/c1-11-12-8-13-15-19-7-6-18(13,16(11)22)14(9-12)20(19,23)5-3-4-17(19,2)10-21-15/h12-14,16,22-23H,1,3-10H2,2H3/t12?,13-,14-,16-,17+,18-,19-,20+/m1/s1. The second kappa shape index (κ2) is 3.48. The summed E-state index contributed by atoms with van der Waals surface area (Å²) in [6.45, 7) is 7.53. The van der Waals surface area contributed by atoms with Crippen LogP contribution < -0.4 is 0 Å². The summed E-state index contributed by atoms with van der Waals surface area (Å²) in [5, 5.41) is 23.3. The SMILES string of the molecule is C=C1C2C[C@@H]3C4=NC[C@]5(C)CCC[C@]6(O)[C@H](C2)[C@]3(CC[C@@]456)[C@@H]1O. The zero-order chi connectivity index (χ0) is 15.8.